The fourth-order valence-corrected chi connectivity index (χ4v) is 13.3. The van der Waals surface area contributed by atoms with Gasteiger partial charge in [0, 0.05) is 82.3 Å². The summed E-state index contributed by atoms with van der Waals surface area (Å²) in [6.45, 7) is 0. The Morgan fingerprint density at radius 1 is 0.286 bits per heavy atom. The molecule has 0 aliphatic carbocycles. The third-order valence-corrected chi connectivity index (χ3v) is 16.8. The molecule has 0 radical (unpaired) electrons. The van der Waals surface area contributed by atoms with Crippen molar-refractivity contribution in [1.82, 2.24) is 33.2 Å². The molecule has 17 aromatic rings. The molecule has 0 fully saturated rings. The number of fused-ring (bicyclic) bond motifs is 14. The van der Waals surface area contributed by atoms with Crippen LogP contribution in [-0.4, -0.2) is 33.2 Å². The van der Waals surface area contributed by atoms with Gasteiger partial charge in [-0.3, -0.25) is 0 Å². The topological polar surface area (TPSA) is 82.2 Å². The van der Waals surface area contributed by atoms with Gasteiger partial charge in [0.05, 0.1) is 67.1 Å². The van der Waals surface area contributed by atoms with E-state index in [1.165, 1.54) is 21.5 Å². The minimum atomic E-state index is 0.510. The lowest BCUT2D eigenvalue weighted by molar-refractivity contribution is 1.07. The molecule has 0 atom stereocenters. The molecule has 8 nitrogen and oxygen atoms in total. The average Bonchev–Trinajstić information content (AvgIpc) is 1.66. The standard InChI is InChI=1S/C76H46N8/c77-47-51-26-21-39-66(84-64-38-20-16-34-59(64)71-68(84)45-42-57-55-32-14-18-36-62(55)82(73(57)71)53-29-11-4-12-30-53)69(51)60-46-50(76-79-74(48-22-5-1-6-23-48)78-75(80-76)49-24-7-2-8-25-49)40-43-65(60)83-63-37-19-15-33-58(63)70-67(83)44-41-56-54-31-13-17-35-61(54)81(72(56)70)52-27-9-3-10-28-52/h1-46H. The highest BCUT2D eigenvalue weighted by Crippen LogP contribution is 2.48. The number of rotatable bonds is 8. The van der Waals surface area contributed by atoms with Crippen LogP contribution >= 0.6 is 0 Å². The van der Waals surface area contributed by atoms with Crippen LogP contribution in [-0.2, 0) is 0 Å². The van der Waals surface area contributed by atoms with Gasteiger partial charge in [-0.25, -0.2) is 15.0 Å². The summed E-state index contributed by atoms with van der Waals surface area (Å²) in [5.74, 6) is 1.64. The van der Waals surface area contributed by atoms with Gasteiger partial charge >= 0.3 is 0 Å². The molecule has 5 heterocycles. The largest absolute Gasteiger partial charge is 0.309 e. The number of aromatic nitrogens is 7. The molecule has 0 aliphatic heterocycles. The molecule has 0 amide bonds. The quantitative estimate of drug-likeness (QED) is 0.152. The minimum absolute atomic E-state index is 0.510. The molecule has 5 aromatic heterocycles. The Hall–Kier alpha value is -11.7. The minimum Gasteiger partial charge on any atom is -0.309 e. The first-order chi connectivity index (χ1) is 41.7. The van der Waals surface area contributed by atoms with E-state index in [1.54, 1.807) is 0 Å². The summed E-state index contributed by atoms with van der Waals surface area (Å²) in [6.07, 6.45) is 0. The summed E-state index contributed by atoms with van der Waals surface area (Å²) in [6, 6.07) is 101. The summed E-state index contributed by atoms with van der Waals surface area (Å²) in [4.78, 5) is 15.7. The van der Waals surface area contributed by atoms with Crippen LogP contribution in [0.5, 0.6) is 0 Å². The number of nitriles is 1. The summed E-state index contributed by atoms with van der Waals surface area (Å²) in [5.41, 5.74) is 17.2. The Labute approximate surface area is 481 Å². The second kappa shape index (κ2) is 18.7. The molecule has 0 unspecified atom stereocenters. The second-order valence-electron chi connectivity index (χ2n) is 21.4. The summed E-state index contributed by atoms with van der Waals surface area (Å²) < 4.78 is 9.61. The molecular formula is C76H46N8. The summed E-state index contributed by atoms with van der Waals surface area (Å²) in [7, 11) is 0. The van der Waals surface area contributed by atoms with E-state index in [1.807, 2.05) is 72.8 Å². The Kier molecular flexibility index (Phi) is 10.5. The Morgan fingerprint density at radius 3 is 1.17 bits per heavy atom. The molecule has 84 heavy (non-hydrogen) atoms. The van der Waals surface area contributed by atoms with Crippen LogP contribution in [0, 0.1) is 11.3 Å². The van der Waals surface area contributed by atoms with Crippen LogP contribution in [0.25, 0.3) is 155 Å². The van der Waals surface area contributed by atoms with E-state index in [2.05, 4.69) is 231 Å². The second-order valence-corrected chi connectivity index (χ2v) is 21.4. The highest BCUT2D eigenvalue weighted by Gasteiger charge is 2.28. The molecule has 8 heteroatoms. The van der Waals surface area contributed by atoms with Gasteiger partial charge < -0.3 is 18.3 Å². The van der Waals surface area contributed by atoms with Crippen LogP contribution in [0.1, 0.15) is 5.56 Å². The molecule has 0 N–H and O–H groups in total. The number of hydrogen-bond donors (Lipinski definition) is 0. The highest BCUT2D eigenvalue weighted by atomic mass is 15.1. The van der Waals surface area contributed by atoms with E-state index in [4.69, 9.17) is 15.0 Å². The summed E-state index contributed by atoms with van der Waals surface area (Å²) >= 11 is 0. The first-order valence-electron chi connectivity index (χ1n) is 28.3. The van der Waals surface area contributed by atoms with Gasteiger partial charge in [0.25, 0.3) is 0 Å². The van der Waals surface area contributed by atoms with Crippen LogP contribution in [0.2, 0.25) is 0 Å². The zero-order valence-electron chi connectivity index (χ0n) is 45.1. The normalized spacial score (nSPS) is 11.8. The maximum Gasteiger partial charge on any atom is 0.164 e. The SMILES string of the molecule is N#Cc1cccc(-n2c3ccccc3c3c2ccc2c4ccccc4n(-c4ccccc4)c23)c1-c1cc(-c2nc(-c3ccccc3)nc(-c3ccccc3)n2)ccc1-n1c2ccccc2c2c1ccc1c3ccccc3n(-c3ccccc3)c12. The Morgan fingerprint density at radius 2 is 0.690 bits per heavy atom. The monoisotopic (exact) mass is 1070 g/mol. The van der Waals surface area contributed by atoms with Crippen molar-refractivity contribution in [2.75, 3.05) is 0 Å². The van der Waals surface area contributed by atoms with E-state index >= 15 is 0 Å². The molecule has 0 spiro atoms. The van der Waals surface area contributed by atoms with Gasteiger partial charge in [0.15, 0.2) is 17.5 Å². The average molecular weight is 1070 g/mol. The molecule has 17 rings (SSSR count). The van der Waals surface area contributed by atoms with E-state index in [9.17, 15) is 5.26 Å². The Bertz CT molecular complexity index is 5490. The summed E-state index contributed by atoms with van der Waals surface area (Å²) in [5, 5.41) is 20.9. The van der Waals surface area contributed by atoms with E-state index in [-0.39, 0.29) is 0 Å². The zero-order chi connectivity index (χ0) is 55.4. The lowest BCUT2D eigenvalue weighted by atomic mass is 9.94. The lowest BCUT2D eigenvalue weighted by Crippen LogP contribution is -2.05. The van der Waals surface area contributed by atoms with Gasteiger partial charge in [-0.1, -0.05) is 188 Å². The van der Waals surface area contributed by atoms with E-state index in [0.717, 1.165) is 116 Å². The molecule has 0 bridgehead atoms. The van der Waals surface area contributed by atoms with Crippen LogP contribution < -0.4 is 0 Å². The van der Waals surface area contributed by atoms with Crippen molar-refractivity contribution in [2.24, 2.45) is 0 Å². The predicted octanol–water partition coefficient (Wildman–Crippen LogP) is 18.8. The van der Waals surface area contributed by atoms with Crippen molar-refractivity contribution in [3.8, 4) is 74.1 Å². The zero-order valence-corrected chi connectivity index (χ0v) is 45.1. The first kappa shape index (κ1) is 47.2. The van der Waals surface area contributed by atoms with Crippen molar-refractivity contribution in [3.63, 3.8) is 0 Å². The fraction of sp³-hybridized carbons (Fsp3) is 0. The maximum absolute atomic E-state index is 11.7. The first-order valence-corrected chi connectivity index (χ1v) is 28.3. The van der Waals surface area contributed by atoms with Gasteiger partial charge in [-0.15, -0.1) is 0 Å². The lowest BCUT2D eigenvalue weighted by Gasteiger charge is -2.20. The molecular weight excluding hydrogens is 1020 g/mol. The molecule has 0 saturated heterocycles. The van der Waals surface area contributed by atoms with E-state index in [0.29, 0.717) is 23.0 Å². The molecule has 390 valence electrons. The molecule has 0 saturated carbocycles. The van der Waals surface area contributed by atoms with Crippen molar-refractivity contribution < 1.29 is 0 Å². The van der Waals surface area contributed by atoms with Crippen LogP contribution in [0.15, 0.2) is 279 Å². The number of hydrogen-bond acceptors (Lipinski definition) is 4. The number of para-hydroxylation sites is 6. The molecule has 0 aliphatic rings. The molecule has 12 aromatic carbocycles. The van der Waals surface area contributed by atoms with Gasteiger partial charge in [-0.05, 0) is 91.0 Å². The van der Waals surface area contributed by atoms with Gasteiger partial charge in [0.2, 0.25) is 0 Å². The van der Waals surface area contributed by atoms with Crippen LogP contribution in [0.3, 0.4) is 0 Å². The van der Waals surface area contributed by atoms with Crippen molar-refractivity contribution in [1.29, 1.82) is 5.26 Å². The van der Waals surface area contributed by atoms with Crippen molar-refractivity contribution in [3.05, 3.63) is 285 Å². The third kappa shape index (κ3) is 7.03. The predicted molar refractivity (Wildman–Crippen MR) is 344 cm³/mol. The number of benzene rings is 12. The van der Waals surface area contributed by atoms with Crippen LogP contribution in [0.4, 0.5) is 0 Å². The maximum atomic E-state index is 11.7. The van der Waals surface area contributed by atoms with E-state index < -0.39 is 0 Å². The van der Waals surface area contributed by atoms with Crippen molar-refractivity contribution >= 4 is 87.2 Å². The van der Waals surface area contributed by atoms with Gasteiger partial charge in [-0.2, -0.15) is 5.26 Å². The fourth-order valence-electron chi connectivity index (χ4n) is 13.3. The smallest absolute Gasteiger partial charge is 0.164 e. The number of nitrogens with zero attached hydrogens (tertiary/aromatic N) is 8. The van der Waals surface area contributed by atoms with Gasteiger partial charge in [0.1, 0.15) is 0 Å². The highest BCUT2D eigenvalue weighted by molar-refractivity contribution is 6.28. The Balaban J connectivity index is 1.01. The van der Waals surface area contributed by atoms with Crippen molar-refractivity contribution in [2.45, 2.75) is 0 Å². The third-order valence-electron chi connectivity index (χ3n) is 16.8.